The van der Waals surface area contributed by atoms with Crippen molar-refractivity contribution in [3.63, 3.8) is 0 Å². The van der Waals surface area contributed by atoms with Gasteiger partial charge >= 0.3 is 0 Å². The zero-order valence-electron chi connectivity index (χ0n) is 14.4. The summed E-state index contributed by atoms with van der Waals surface area (Å²) in [5.41, 5.74) is -0.0960. The lowest BCUT2D eigenvalue weighted by Gasteiger charge is -2.43. The summed E-state index contributed by atoms with van der Waals surface area (Å²) in [5.74, 6) is 0.450. The third-order valence-electron chi connectivity index (χ3n) is 5.27. The summed E-state index contributed by atoms with van der Waals surface area (Å²) in [6.07, 6.45) is 4.91. The summed E-state index contributed by atoms with van der Waals surface area (Å²) in [4.78, 5) is 10.5. The number of halogens is 1. The Kier molecular flexibility index (Phi) is 5.00. The Labute approximate surface area is 146 Å². The van der Waals surface area contributed by atoms with E-state index in [9.17, 15) is 4.39 Å². The molecule has 138 valence electrons. The van der Waals surface area contributed by atoms with Crippen LogP contribution >= 0.6 is 0 Å². The normalized spacial score (nSPS) is 26.6. The number of rotatable bonds is 3. The average Bonchev–Trinajstić information content (AvgIpc) is 2.65. The van der Waals surface area contributed by atoms with Crippen molar-refractivity contribution >= 4 is 11.8 Å². The SMILES string of the molecule is Fc1cnc(N[C@H]2CCOC3(CCOCC3)C2)nc1N1CCOCC1. The van der Waals surface area contributed by atoms with Gasteiger partial charge < -0.3 is 24.4 Å². The maximum absolute atomic E-state index is 14.1. The van der Waals surface area contributed by atoms with E-state index in [1.165, 1.54) is 6.20 Å². The van der Waals surface area contributed by atoms with Gasteiger partial charge in [0.25, 0.3) is 0 Å². The van der Waals surface area contributed by atoms with E-state index >= 15 is 0 Å². The molecular formula is C17H25FN4O3. The van der Waals surface area contributed by atoms with Gasteiger partial charge in [-0.1, -0.05) is 0 Å². The van der Waals surface area contributed by atoms with Gasteiger partial charge in [-0.3, -0.25) is 0 Å². The molecule has 8 heteroatoms. The van der Waals surface area contributed by atoms with Gasteiger partial charge in [0.15, 0.2) is 11.6 Å². The Bertz CT molecular complexity index is 586. The van der Waals surface area contributed by atoms with E-state index < -0.39 is 0 Å². The molecule has 0 saturated carbocycles. The maximum Gasteiger partial charge on any atom is 0.225 e. The van der Waals surface area contributed by atoms with Gasteiger partial charge in [-0.25, -0.2) is 9.37 Å². The minimum atomic E-state index is -0.389. The highest BCUT2D eigenvalue weighted by Gasteiger charge is 2.39. The monoisotopic (exact) mass is 352 g/mol. The third kappa shape index (κ3) is 3.86. The summed E-state index contributed by atoms with van der Waals surface area (Å²) >= 11 is 0. The second kappa shape index (κ2) is 7.39. The molecule has 3 saturated heterocycles. The molecule has 0 amide bonds. The topological polar surface area (TPSA) is 68.7 Å². The number of nitrogens with zero attached hydrogens (tertiary/aromatic N) is 3. The molecule has 1 atom stereocenters. The van der Waals surface area contributed by atoms with Crippen LogP contribution < -0.4 is 10.2 Å². The zero-order chi connectivity index (χ0) is 17.1. The molecule has 1 aromatic heterocycles. The van der Waals surface area contributed by atoms with E-state index in [0.29, 0.717) is 38.1 Å². The second-order valence-corrected chi connectivity index (χ2v) is 6.94. The number of hydrogen-bond acceptors (Lipinski definition) is 7. The first kappa shape index (κ1) is 16.9. The van der Waals surface area contributed by atoms with E-state index in [2.05, 4.69) is 15.3 Å². The molecule has 0 aliphatic carbocycles. The van der Waals surface area contributed by atoms with Crippen molar-refractivity contribution in [1.29, 1.82) is 0 Å². The predicted molar refractivity (Wildman–Crippen MR) is 90.4 cm³/mol. The number of nitrogens with one attached hydrogen (secondary N) is 1. The Hall–Kier alpha value is -1.51. The summed E-state index contributed by atoms with van der Waals surface area (Å²) in [7, 11) is 0. The van der Waals surface area contributed by atoms with Crippen molar-refractivity contribution in [2.75, 3.05) is 56.3 Å². The first-order chi connectivity index (χ1) is 12.2. The lowest BCUT2D eigenvalue weighted by molar-refractivity contribution is -0.135. The van der Waals surface area contributed by atoms with Crippen LogP contribution in [-0.2, 0) is 14.2 Å². The Morgan fingerprint density at radius 1 is 1.12 bits per heavy atom. The van der Waals surface area contributed by atoms with Gasteiger partial charge in [-0.2, -0.15) is 4.98 Å². The van der Waals surface area contributed by atoms with Crippen LogP contribution in [0.1, 0.15) is 25.7 Å². The molecule has 0 bridgehead atoms. The van der Waals surface area contributed by atoms with Gasteiger partial charge in [0.05, 0.1) is 25.0 Å². The van der Waals surface area contributed by atoms with E-state index in [1.54, 1.807) is 0 Å². The fraction of sp³-hybridized carbons (Fsp3) is 0.765. The highest BCUT2D eigenvalue weighted by molar-refractivity contribution is 5.44. The average molecular weight is 352 g/mol. The van der Waals surface area contributed by atoms with Crippen LogP contribution in [0.25, 0.3) is 0 Å². The summed E-state index contributed by atoms with van der Waals surface area (Å²) in [6, 6.07) is 0.231. The van der Waals surface area contributed by atoms with Crippen LogP contribution in [-0.4, -0.2) is 67.7 Å². The van der Waals surface area contributed by atoms with Crippen LogP contribution in [0.2, 0.25) is 0 Å². The molecule has 3 aliphatic heterocycles. The Balaban J connectivity index is 1.45. The summed E-state index contributed by atoms with van der Waals surface area (Å²) in [6.45, 7) is 4.70. The molecule has 3 fully saturated rings. The van der Waals surface area contributed by atoms with Crippen LogP contribution in [0.3, 0.4) is 0 Å². The fourth-order valence-electron chi connectivity index (χ4n) is 3.85. The van der Waals surface area contributed by atoms with Crippen molar-refractivity contribution in [3.05, 3.63) is 12.0 Å². The lowest BCUT2D eigenvalue weighted by atomic mass is 9.84. The van der Waals surface area contributed by atoms with Gasteiger partial charge in [0.2, 0.25) is 5.95 Å². The highest BCUT2D eigenvalue weighted by Crippen LogP contribution is 2.35. The smallest absolute Gasteiger partial charge is 0.225 e. The molecule has 25 heavy (non-hydrogen) atoms. The van der Waals surface area contributed by atoms with Crippen molar-refractivity contribution in [2.24, 2.45) is 0 Å². The van der Waals surface area contributed by atoms with Crippen LogP contribution in [0.5, 0.6) is 0 Å². The minimum absolute atomic E-state index is 0.0960. The molecular weight excluding hydrogens is 327 g/mol. The molecule has 7 nitrogen and oxygen atoms in total. The van der Waals surface area contributed by atoms with Gasteiger partial charge in [-0.05, 0) is 25.7 Å². The van der Waals surface area contributed by atoms with Crippen LogP contribution in [0, 0.1) is 5.82 Å². The number of hydrogen-bond donors (Lipinski definition) is 1. The number of aromatic nitrogens is 2. The lowest BCUT2D eigenvalue weighted by Crippen LogP contribution is -2.48. The second-order valence-electron chi connectivity index (χ2n) is 6.94. The molecule has 0 radical (unpaired) electrons. The van der Waals surface area contributed by atoms with Crippen LogP contribution in [0.15, 0.2) is 6.20 Å². The number of morpholine rings is 1. The van der Waals surface area contributed by atoms with Crippen molar-refractivity contribution in [2.45, 2.75) is 37.3 Å². The molecule has 1 N–H and O–H groups in total. The molecule has 1 aromatic rings. The van der Waals surface area contributed by atoms with E-state index in [0.717, 1.165) is 45.5 Å². The Morgan fingerprint density at radius 2 is 1.88 bits per heavy atom. The van der Waals surface area contributed by atoms with E-state index in [-0.39, 0.29) is 17.5 Å². The number of anilines is 2. The molecule has 4 heterocycles. The molecule has 4 rings (SSSR count). The quantitative estimate of drug-likeness (QED) is 0.886. The molecule has 0 unspecified atom stereocenters. The van der Waals surface area contributed by atoms with E-state index in [4.69, 9.17) is 14.2 Å². The largest absolute Gasteiger partial charge is 0.381 e. The van der Waals surface area contributed by atoms with Gasteiger partial charge in [0.1, 0.15) is 0 Å². The molecule has 3 aliphatic rings. The summed E-state index contributed by atoms with van der Waals surface area (Å²) in [5, 5.41) is 3.39. The third-order valence-corrected chi connectivity index (χ3v) is 5.27. The first-order valence-corrected chi connectivity index (χ1v) is 9.08. The fourth-order valence-corrected chi connectivity index (χ4v) is 3.85. The van der Waals surface area contributed by atoms with Crippen molar-refractivity contribution in [3.8, 4) is 0 Å². The van der Waals surface area contributed by atoms with Crippen LogP contribution in [0.4, 0.5) is 16.2 Å². The van der Waals surface area contributed by atoms with Gasteiger partial charge in [0, 0.05) is 39.0 Å². The van der Waals surface area contributed by atoms with E-state index in [1.807, 2.05) is 4.90 Å². The first-order valence-electron chi connectivity index (χ1n) is 9.08. The highest BCUT2D eigenvalue weighted by atomic mass is 19.1. The summed E-state index contributed by atoms with van der Waals surface area (Å²) < 4.78 is 31.0. The molecule has 1 spiro atoms. The predicted octanol–water partition coefficient (Wildman–Crippen LogP) is 1.59. The standard InChI is InChI=1S/C17H25FN4O3/c18-14-12-19-16(21-15(14)22-4-9-24-10-5-22)20-13-1-6-25-17(11-13)2-7-23-8-3-17/h12-13H,1-11H2,(H,19,20,21)/t13-/m0/s1. The maximum atomic E-state index is 14.1. The van der Waals surface area contributed by atoms with Gasteiger partial charge in [-0.15, -0.1) is 0 Å². The minimum Gasteiger partial charge on any atom is -0.381 e. The zero-order valence-corrected chi connectivity index (χ0v) is 14.4. The molecule has 0 aromatic carbocycles. The van der Waals surface area contributed by atoms with Crippen molar-refractivity contribution < 1.29 is 18.6 Å². The Morgan fingerprint density at radius 3 is 2.68 bits per heavy atom. The number of ether oxygens (including phenoxy) is 3. The van der Waals surface area contributed by atoms with Crippen molar-refractivity contribution in [1.82, 2.24) is 9.97 Å².